The van der Waals surface area contributed by atoms with Crippen molar-refractivity contribution in [2.24, 2.45) is 22.1 Å². The Labute approximate surface area is 73.3 Å². The number of pyridine rings is 1. The second-order valence-corrected chi connectivity index (χ2v) is 2.00. The highest BCUT2D eigenvalue weighted by atomic mass is 16.7. The quantitative estimate of drug-likeness (QED) is 0.380. The molecule has 0 saturated carbocycles. The number of nitrogens with zero attached hydrogens (tertiary/aromatic N) is 3. The van der Waals surface area contributed by atoms with Crippen LogP contribution in [0, 0.1) is 0 Å². The molecule has 0 atom stereocenters. The van der Waals surface area contributed by atoms with Crippen molar-refractivity contribution in [3.8, 4) is 0 Å². The highest BCUT2D eigenvalue weighted by molar-refractivity contribution is 5.93. The summed E-state index contributed by atoms with van der Waals surface area (Å²) < 4.78 is 0. The minimum Gasteiger partial charge on any atom is -0.370 e. The Morgan fingerprint density at radius 1 is 1.62 bits per heavy atom. The predicted octanol–water partition coefficient (Wildman–Crippen LogP) is 0.0695. The summed E-state index contributed by atoms with van der Waals surface area (Å²) in [5, 5.41) is 6.41. The van der Waals surface area contributed by atoms with Crippen molar-refractivity contribution in [3.05, 3.63) is 23.9 Å². The summed E-state index contributed by atoms with van der Waals surface area (Å²) in [5.74, 6) is 8.82. The summed E-state index contributed by atoms with van der Waals surface area (Å²) in [6.07, 6.45) is 1.44. The SMILES string of the molecule is NN=Nc1ncccc1C(=O)ON. The first-order valence-electron chi connectivity index (χ1n) is 3.26. The molecule has 0 radical (unpaired) electrons. The maximum absolute atomic E-state index is 11.0. The lowest BCUT2D eigenvalue weighted by atomic mass is 10.2. The zero-order valence-corrected chi connectivity index (χ0v) is 6.54. The van der Waals surface area contributed by atoms with Crippen molar-refractivity contribution in [2.75, 3.05) is 0 Å². The van der Waals surface area contributed by atoms with Crippen molar-refractivity contribution in [1.29, 1.82) is 0 Å². The Morgan fingerprint density at radius 2 is 2.38 bits per heavy atom. The van der Waals surface area contributed by atoms with Crippen LogP contribution in [0.2, 0.25) is 0 Å². The summed E-state index contributed by atoms with van der Waals surface area (Å²) in [5.41, 5.74) is 0.110. The lowest BCUT2D eigenvalue weighted by Gasteiger charge is -1.98. The molecular formula is C6H7N5O2. The Hall–Kier alpha value is -2.02. The van der Waals surface area contributed by atoms with E-state index in [1.165, 1.54) is 12.3 Å². The van der Waals surface area contributed by atoms with Gasteiger partial charge >= 0.3 is 5.97 Å². The van der Waals surface area contributed by atoms with Gasteiger partial charge in [-0.05, 0) is 12.1 Å². The fourth-order valence-electron chi connectivity index (χ4n) is 0.754. The second-order valence-electron chi connectivity index (χ2n) is 2.00. The third kappa shape index (κ3) is 1.97. The lowest BCUT2D eigenvalue weighted by molar-refractivity contribution is 0.0504. The molecule has 0 amide bonds. The molecule has 68 valence electrons. The predicted molar refractivity (Wildman–Crippen MR) is 42.5 cm³/mol. The summed E-state index contributed by atoms with van der Waals surface area (Å²) >= 11 is 0. The van der Waals surface area contributed by atoms with Gasteiger partial charge in [0.25, 0.3) is 0 Å². The maximum atomic E-state index is 11.0. The first-order valence-corrected chi connectivity index (χ1v) is 3.26. The first kappa shape index (κ1) is 9.07. The van der Waals surface area contributed by atoms with Crippen molar-refractivity contribution < 1.29 is 9.63 Å². The third-order valence-corrected chi connectivity index (χ3v) is 1.27. The van der Waals surface area contributed by atoms with E-state index in [2.05, 4.69) is 26.1 Å². The molecule has 0 spiro atoms. The number of hydrogen-bond donors (Lipinski definition) is 2. The molecule has 7 heteroatoms. The number of hydrogen-bond acceptors (Lipinski definition) is 6. The van der Waals surface area contributed by atoms with Gasteiger partial charge in [0.15, 0.2) is 5.82 Å². The Morgan fingerprint density at radius 3 is 3.00 bits per heavy atom. The fraction of sp³-hybridized carbons (Fsp3) is 0. The molecule has 13 heavy (non-hydrogen) atoms. The van der Waals surface area contributed by atoms with E-state index in [1.807, 2.05) is 0 Å². The molecule has 7 nitrogen and oxygen atoms in total. The molecule has 4 N–H and O–H groups in total. The number of rotatable bonds is 2. The van der Waals surface area contributed by atoms with Gasteiger partial charge in [-0.2, -0.15) is 5.90 Å². The molecule has 1 heterocycles. The van der Waals surface area contributed by atoms with Gasteiger partial charge in [0.2, 0.25) is 0 Å². The Bertz CT molecular complexity index is 338. The molecule has 1 aromatic heterocycles. The van der Waals surface area contributed by atoms with Crippen LogP contribution < -0.4 is 11.7 Å². The zero-order chi connectivity index (χ0) is 9.68. The van der Waals surface area contributed by atoms with Crippen LogP contribution in [0.3, 0.4) is 0 Å². The number of carbonyl (C=O) groups is 1. The first-order chi connectivity index (χ1) is 6.29. The van der Waals surface area contributed by atoms with Gasteiger partial charge in [0.1, 0.15) is 5.56 Å². The average Bonchev–Trinajstić information content (AvgIpc) is 2.18. The molecule has 0 fully saturated rings. The Balaban J connectivity index is 3.11. The minimum absolute atomic E-state index is 0.0699. The van der Waals surface area contributed by atoms with Crippen LogP contribution in [-0.4, -0.2) is 11.0 Å². The molecule has 0 aromatic carbocycles. The van der Waals surface area contributed by atoms with Crippen molar-refractivity contribution in [2.45, 2.75) is 0 Å². The topological polar surface area (TPSA) is 116 Å². The summed E-state index contributed by atoms with van der Waals surface area (Å²) in [4.78, 5) is 18.7. The van der Waals surface area contributed by atoms with Crippen LogP contribution in [0.4, 0.5) is 5.82 Å². The van der Waals surface area contributed by atoms with Crippen molar-refractivity contribution in [1.82, 2.24) is 4.98 Å². The van der Waals surface area contributed by atoms with Gasteiger partial charge in [-0.25, -0.2) is 9.78 Å². The van der Waals surface area contributed by atoms with Gasteiger partial charge in [0, 0.05) is 6.20 Å². The van der Waals surface area contributed by atoms with E-state index in [-0.39, 0.29) is 11.4 Å². The molecule has 1 aromatic rings. The van der Waals surface area contributed by atoms with E-state index in [4.69, 9.17) is 5.84 Å². The molecule has 0 bridgehead atoms. The highest BCUT2D eigenvalue weighted by Crippen LogP contribution is 2.15. The molecule has 0 saturated heterocycles. The monoisotopic (exact) mass is 181 g/mol. The molecule has 0 unspecified atom stereocenters. The van der Waals surface area contributed by atoms with Gasteiger partial charge in [-0.15, -0.1) is 5.11 Å². The van der Waals surface area contributed by atoms with Crippen molar-refractivity contribution >= 4 is 11.8 Å². The number of carbonyl (C=O) groups excluding carboxylic acids is 1. The molecule has 1 rings (SSSR count). The molecule has 0 aliphatic heterocycles. The molecule has 0 aliphatic rings. The average molecular weight is 181 g/mol. The van der Waals surface area contributed by atoms with Crippen LogP contribution in [0.5, 0.6) is 0 Å². The minimum atomic E-state index is -0.740. The van der Waals surface area contributed by atoms with E-state index in [0.717, 1.165) is 0 Å². The van der Waals surface area contributed by atoms with Crippen LogP contribution in [0.15, 0.2) is 28.7 Å². The molecule has 0 aliphatic carbocycles. The number of nitrogens with two attached hydrogens (primary N) is 2. The second kappa shape index (κ2) is 4.12. The van der Waals surface area contributed by atoms with E-state index >= 15 is 0 Å². The smallest absolute Gasteiger partial charge is 0.360 e. The van der Waals surface area contributed by atoms with E-state index in [1.54, 1.807) is 6.07 Å². The van der Waals surface area contributed by atoms with Crippen LogP contribution in [0.25, 0.3) is 0 Å². The summed E-state index contributed by atoms with van der Waals surface area (Å²) in [7, 11) is 0. The van der Waals surface area contributed by atoms with Crippen LogP contribution in [-0.2, 0) is 4.84 Å². The van der Waals surface area contributed by atoms with E-state index < -0.39 is 5.97 Å². The van der Waals surface area contributed by atoms with Crippen molar-refractivity contribution in [3.63, 3.8) is 0 Å². The van der Waals surface area contributed by atoms with Crippen LogP contribution >= 0.6 is 0 Å². The largest absolute Gasteiger partial charge is 0.370 e. The van der Waals surface area contributed by atoms with Gasteiger partial charge in [-0.1, -0.05) is 5.22 Å². The maximum Gasteiger partial charge on any atom is 0.360 e. The zero-order valence-electron chi connectivity index (χ0n) is 6.54. The van der Waals surface area contributed by atoms with Crippen LogP contribution in [0.1, 0.15) is 10.4 Å². The van der Waals surface area contributed by atoms with Gasteiger partial charge < -0.3 is 10.7 Å². The van der Waals surface area contributed by atoms with E-state index in [0.29, 0.717) is 0 Å². The summed E-state index contributed by atoms with van der Waals surface area (Å²) in [6, 6.07) is 2.99. The summed E-state index contributed by atoms with van der Waals surface area (Å²) in [6.45, 7) is 0. The fourth-order valence-corrected chi connectivity index (χ4v) is 0.754. The number of aromatic nitrogens is 1. The lowest BCUT2D eigenvalue weighted by Crippen LogP contribution is -2.10. The highest BCUT2D eigenvalue weighted by Gasteiger charge is 2.12. The van der Waals surface area contributed by atoms with Gasteiger partial charge in [0.05, 0.1) is 0 Å². The molecular weight excluding hydrogens is 174 g/mol. The van der Waals surface area contributed by atoms with Gasteiger partial charge in [-0.3, -0.25) is 0 Å². The normalized spacial score (nSPS) is 10.2. The van der Waals surface area contributed by atoms with E-state index in [9.17, 15) is 4.79 Å². The third-order valence-electron chi connectivity index (χ3n) is 1.27. The standard InChI is InChI=1S/C6H7N5O2/c7-11-10-5-4(6(12)13-8)2-1-3-9-5/h1-3H,8H2,(H2,7,9,10). The Kier molecular flexibility index (Phi) is 2.87.